The zero-order valence-corrected chi connectivity index (χ0v) is 7.06. The van der Waals surface area contributed by atoms with Gasteiger partial charge in [0.2, 0.25) is 0 Å². The Morgan fingerprint density at radius 2 is 2.62 bits per heavy atom. The lowest BCUT2D eigenvalue weighted by Gasteiger charge is -2.13. The number of carbonyl (C=O) groups is 1. The minimum absolute atomic E-state index is 0.261. The first-order valence-corrected chi connectivity index (χ1v) is 3.87. The monoisotopic (exact) mass is 175 g/mol. The molecule has 0 aromatic rings. The number of nitriles is 1. The van der Waals surface area contributed by atoms with E-state index in [1.165, 1.54) is 0 Å². The molecule has 0 bridgehead atoms. The van der Waals surface area contributed by atoms with E-state index in [4.69, 9.17) is 10.00 Å². The largest absolute Gasteiger partial charge is 0.455 e. The first-order chi connectivity index (χ1) is 6.26. The van der Waals surface area contributed by atoms with Crippen LogP contribution in [-0.2, 0) is 9.53 Å². The van der Waals surface area contributed by atoms with Crippen LogP contribution in [0.15, 0.2) is 36.5 Å². The third kappa shape index (κ3) is 2.60. The molecule has 1 rings (SSSR count). The van der Waals surface area contributed by atoms with Gasteiger partial charge in [0.1, 0.15) is 6.10 Å². The lowest BCUT2D eigenvalue weighted by Crippen LogP contribution is -2.15. The predicted molar refractivity (Wildman–Crippen MR) is 47.5 cm³/mol. The molecule has 0 aromatic heterocycles. The van der Waals surface area contributed by atoms with E-state index >= 15 is 0 Å². The summed E-state index contributed by atoms with van der Waals surface area (Å²) in [6.45, 7) is 3.29. The Bertz CT molecular complexity index is 320. The van der Waals surface area contributed by atoms with Gasteiger partial charge in [0.15, 0.2) is 0 Å². The van der Waals surface area contributed by atoms with Crippen molar-refractivity contribution in [3.63, 3.8) is 0 Å². The minimum atomic E-state index is -0.441. The van der Waals surface area contributed by atoms with Crippen LogP contribution in [0.1, 0.15) is 6.42 Å². The van der Waals surface area contributed by atoms with Gasteiger partial charge in [0.25, 0.3) is 0 Å². The SMILES string of the molecule is C=CC(=O)OC1C=CC(C#N)=CC1. The quantitative estimate of drug-likeness (QED) is 0.472. The van der Waals surface area contributed by atoms with Gasteiger partial charge in [0, 0.05) is 18.1 Å². The fraction of sp³-hybridized carbons (Fsp3) is 0.200. The second-order valence-corrected chi connectivity index (χ2v) is 2.55. The smallest absolute Gasteiger partial charge is 0.330 e. The highest BCUT2D eigenvalue weighted by Gasteiger charge is 2.11. The summed E-state index contributed by atoms with van der Waals surface area (Å²) in [5.74, 6) is -0.441. The van der Waals surface area contributed by atoms with Gasteiger partial charge < -0.3 is 4.74 Å². The van der Waals surface area contributed by atoms with Gasteiger partial charge in [-0.1, -0.05) is 12.7 Å². The molecular formula is C10H9NO2. The molecule has 13 heavy (non-hydrogen) atoms. The lowest BCUT2D eigenvalue weighted by molar-refractivity contribution is -0.140. The van der Waals surface area contributed by atoms with E-state index < -0.39 is 5.97 Å². The van der Waals surface area contributed by atoms with Crippen molar-refractivity contribution in [1.29, 1.82) is 5.26 Å². The molecule has 0 saturated heterocycles. The zero-order chi connectivity index (χ0) is 9.68. The van der Waals surface area contributed by atoms with Crippen molar-refractivity contribution in [3.05, 3.63) is 36.5 Å². The number of esters is 1. The van der Waals surface area contributed by atoms with Crippen molar-refractivity contribution >= 4 is 5.97 Å². The standard InChI is InChI=1S/C10H9NO2/c1-2-10(12)13-9-5-3-8(7-11)4-6-9/h2-5,9H,1,6H2. The molecule has 0 fully saturated rings. The zero-order valence-electron chi connectivity index (χ0n) is 7.06. The van der Waals surface area contributed by atoms with Crippen LogP contribution in [0.2, 0.25) is 0 Å². The molecular weight excluding hydrogens is 166 g/mol. The maximum atomic E-state index is 10.8. The Labute approximate surface area is 76.6 Å². The van der Waals surface area contributed by atoms with E-state index in [1.807, 2.05) is 6.07 Å². The molecule has 0 saturated carbocycles. The van der Waals surface area contributed by atoms with Crippen molar-refractivity contribution in [1.82, 2.24) is 0 Å². The Hall–Kier alpha value is -1.82. The van der Waals surface area contributed by atoms with Gasteiger partial charge in [-0.15, -0.1) is 0 Å². The van der Waals surface area contributed by atoms with Crippen LogP contribution in [0, 0.1) is 11.3 Å². The minimum Gasteiger partial charge on any atom is -0.455 e. The lowest BCUT2D eigenvalue weighted by atomic mass is 10.1. The summed E-state index contributed by atoms with van der Waals surface area (Å²) in [4.78, 5) is 10.8. The Morgan fingerprint density at radius 3 is 3.08 bits per heavy atom. The van der Waals surface area contributed by atoms with Gasteiger partial charge in [-0.25, -0.2) is 4.79 Å². The molecule has 0 radical (unpaired) electrons. The predicted octanol–water partition coefficient (Wildman–Crippen LogP) is 1.49. The van der Waals surface area contributed by atoms with Crippen LogP contribution >= 0.6 is 0 Å². The third-order valence-corrected chi connectivity index (χ3v) is 1.62. The van der Waals surface area contributed by atoms with Gasteiger partial charge in [0.05, 0.1) is 6.07 Å². The van der Waals surface area contributed by atoms with E-state index in [1.54, 1.807) is 18.2 Å². The normalized spacial score (nSPS) is 19.9. The molecule has 0 amide bonds. The van der Waals surface area contributed by atoms with Gasteiger partial charge in [-0.2, -0.15) is 5.26 Å². The van der Waals surface area contributed by atoms with Crippen molar-refractivity contribution in [2.24, 2.45) is 0 Å². The van der Waals surface area contributed by atoms with Gasteiger partial charge in [-0.3, -0.25) is 0 Å². The highest BCUT2D eigenvalue weighted by atomic mass is 16.5. The molecule has 1 atom stereocenters. The van der Waals surface area contributed by atoms with Crippen molar-refractivity contribution in [2.45, 2.75) is 12.5 Å². The Morgan fingerprint density at radius 1 is 1.85 bits per heavy atom. The Balaban J connectivity index is 2.49. The summed E-state index contributed by atoms with van der Waals surface area (Å²) in [6.07, 6.45) is 6.49. The molecule has 0 aromatic carbocycles. The highest BCUT2D eigenvalue weighted by Crippen LogP contribution is 2.12. The molecule has 0 N–H and O–H groups in total. The van der Waals surface area contributed by atoms with E-state index in [0.717, 1.165) is 6.08 Å². The van der Waals surface area contributed by atoms with Crippen LogP contribution in [0.25, 0.3) is 0 Å². The molecule has 1 aliphatic rings. The van der Waals surface area contributed by atoms with Crippen LogP contribution in [-0.4, -0.2) is 12.1 Å². The summed E-state index contributed by atoms with van der Waals surface area (Å²) in [5.41, 5.74) is 0.603. The maximum absolute atomic E-state index is 10.8. The highest BCUT2D eigenvalue weighted by molar-refractivity contribution is 5.81. The molecule has 0 heterocycles. The van der Waals surface area contributed by atoms with Crippen molar-refractivity contribution < 1.29 is 9.53 Å². The molecule has 0 spiro atoms. The number of rotatable bonds is 2. The molecule has 3 nitrogen and oxygen atoms in total. The third-order valence-electron chi connectivity index (χ3n) is 1.62. The number of hydrogen-bond donors (Lipinski definition) is 0. The summed E-state index contributed by atoms with van der Waals surface area (Å²) >= 11 is 0. The average molecular weight is 175 g/mol. The van der Waals surface area contributed by atoms with Crippen LogP contribution in [0.4, 0.5) is 0 Å². The molecule has 66 valence electrons. The summed E-state index contributed by atoms with van der Waals surface area (Å²) < 4.78 is 4.94. The van der Waals surface area contributed by atoms with Gasteiger partial charge in [-0.05, 0) is 12.2 Å². The Kier molecular flexibility index (Phi) is 3.04. The molecule has 1 unspecified atom stereocenters. The van der Waals surface area contributed by atoms with E-state index in [2.05, 4.69) is 6.58 Å². The average Bonchev–Trinajstić information content (AvgIpc) is 2.19. The molecule has 1 aliphatic carbocycles. The van der Waals surface area contributed by atoms with Crippen LogP contribution in [0.5, 0.6) is 0 Å². The summed E-state index contributed by atoms with van der Waals surface area (Å²) in [7, 11) is 0. The molecule has 3 heteroatoms. The second-order valence-electron chi connectivity index (χ2n) is 2.55. The van der Waals surface area contributed by atoms with Crippen molar-refractivity contribution in [3.8, 4) is 6.07 Å². The second kappa shape index (κ2) is 4.27. The fourth-order valence-electron chi connectivity index (χ4n) is 0.968. The first kappa shape index (κ1) is 9.27. The topological polar surface area (TPSA) is 50.1 Å². The fourth-order valence-corrected chi connectivity index (χ4v) is 0.968. The van der Waals surface area contributed by atoms with E-state index in [9.17, 15) is 4.79 Å². The number of carbonyl (C=O) groups excluding carboxylic acids is 1. The first-order valence-electron chi connectivity index (χ1n) is 3.87. The van der Waals surface area contributed by atoms with Crippen LogP contribution in [0.3, 0.4) is 0 Å². The van der Waals surface area contributed by atoms with Crippen LogP contribution < -0.4 is 0 Å². The summed E-state index contributed by atoms with van der Waals surface area (Å²) in [6, 6.07) is 2.01. The number of nitrogens with zero attached hydrogens (tertiary/aromatic N) is 1. The number of hydrogen-bond acceptors (Lipinski definition) is 3. The number of ether oxygens (including phenoxy) is 1. The van der Waals surface area contributed by atoms with Crippen molar-refractivity contribution in [2.75, 3.05) is 0 Å². The summed E-state index contributed by atoms with van der Waals surface area (Å²) in [5, 5.41) is 8.51. The van der Waals surface area contributed by atoms with E-state index in [0.29, 0.717) is 12.0 Å². The number of allylic oxidation sites excluding steroid dienone is 2. The maximum Gasteiger partial charge on any atom is 0.330 e. The molecule has 0 aliphatic heterocycles. The van der Waals surface area contributed by atoms with E-state index in [-0.39, 0.29) is 6.10 Å². The van der Waals surface area contributed by atoms with Gasteiger partial charge >= 0.3 is 5.97 Å².